The number of carbonyl (C=O) groups is 1. The van der Waals surface area contributed by atoms with Gasteiger partial charge in [0.2, 0.25) is 5.91 Å². The molecule has 1 amide bonds. The van der Waals surface area contributed by atoms with Gasteiger partial charge < -0.3 is 21.1 Å². The van der Waals surface area contributed by atoms with Gasteiger partial charge in [0.25, 0.3) is 0 Å². The normalized spacial score (nSPS) is 14.4. The highest BCUT2D eigenvalue weighted by Crippen LogP contribution is 2.28. The fraction of sp³-hybridized carbons (Fsp3) is 0.611. The Hall–Kier alpha value is -1.01. The number of aliphatic hydroxyl groups excluding tert-OH is 1. The third-order valence-corrected chi connectivity index (χ3v) is 4.34. The van der Waals surface area contributed by atoms with E-state index in [0.29, 0.717) is 6.42 Å². The van der Waals surface area contributed by atoms with Gasteiger partial charge in [-0.2, -0.15) is 0 Å². The van der Waals surface area contributed by atoms with Crippen molar-refractivity contribution < 1.29 is 9.90 Å². The number of hydrogen-bond acceptors (Lipinski definition) is 4. The number of para-hydroxylation sites is 2. The van der Waals surface area contributed by atoms with Crippen LogP contribution in [0.2, 0.25) is 0 Å². The maximum atomic E-state index is 12.1. The minimum Gasteiger partial charge on any atom is -0.393 e. The summed E-state index contributed by atoms with van der Waals surface area (Å²) in [4.78, 5) is 14.4. The number of rotatable bonds is 8. The largest absolute Gasteiger partial charge is 0.393 e. The number of amides is 1. The second-order valence-electron chi connectivity index (χ2n) is 6.24. The summed E-state index contributed by atoms with van der Waals surface area (Å²) >= 11 is 0. The molecule has 1 aromatic rings. The first-order valence-corrected chi connectivity index (χ1v) is 8.72. The van der Waals surface area contributed by atoms with Crippen LogP contribution < -0.4 is 16.0 Å². The fourth-order valence-electron chi connectivity index (χ4n) is 2.96. The predicted molar refractivity (Wildman–Crippen MR) is 109 cm³/mol. The molecular formula is C18H31Cl2N3O2. The zero-order chi connectivity index (χ0) is 16.5. The Morgan fingerprint density at radius 2 is 1.76 bits per heavy atom. The Balaban J connectivity index is 0.00000288. The minimum atomic E-state index is -0.193. The highest BCUT2D eigenvalue weighted by molar-refractivity contribution is 5.94. The summed E-state index contributed by atoms with van der Waals surface area (Å²) in [7, 11) is 0. The molecule has 25 heavy (non-hydrogen) atoms. The van der Waals surface area contributed by atoms with E-state index >= 15 is 0 Å². The number of unbranched alkanes of at least 4 members (excludes halogenated alkanes) is 3. The van der Waals surface area contributed by atoms with Crippen LogP contribution in [0.1, 0.15) is 44.9 Å². The molecule has 1 aliphatic heterocycles. The van der Waals surface area contributed by atoms with Crippen molar-refractivity contribution in [3.8, 4) is 0 Å². The second-order valence-corrected chi connectivity index (χ2v) is 6.24. The first kappa shape index (κ1) is 24.0. The van der Waals surface area contributed by atoms with Crippen molar-refractivity contribution in [2.75, 3.05) is 29.9 Å². The molecule has 5 nitrogen and oxygen atoms in total. The van der Waals surface area contributed by atoms with Crippen LogP contribution in [-0.4, -0.2) is 36.8 Å². The van der Waals surface area contributed by atoms with Crippen molar-refractivity contribution in [1.82, 2.24) is 0 Å². The van der Waals surface area contributed by atoms with E-state index in [1.807, 2.05) is 24.3 Å². The summed E-state index contributed by atoms with van der Waals surface area (Å²) in [5, 5.41) is 12.7. The van der Waals surface area contributed by atoms with Gasteiger partial charge in [-0.1, -0.05) is 25.0 Å². The predicted octanol–water partition coefficient (Wildman–Crippen LogP) is 3.34. The number of anilines is 2. The molecule has 4 N–H and O–H groups in total. The first-order valence-electron chi connectivity index (χ1n) is 8.72. The molecular weight excluding hydrogens is 361 g/mol. The summed E-state index contributed by atoms with van der Waals surface area (Å²) in [6.45, 7) is 2.38. The molecule has 7 heteroatoms. The average molecular weight is 392 g/mol. The molecule has 2 rings (SSSR count). The maximum absolute atomic E-state index is 12.1. The number of hydrogen-bond donors (Lipinski definition) is 3. The summed E-state index contributed by atoms with van der Waals surface area (Å²) in [5.74, 6) is 0.0715. The van der Waals surface area contributed by atoms with Gasteiger partial charge in [0.1, 0.15) is 0 Å². The number of aliphatic hydroxyl groups is 1. The lowest BCUT2D eigenvalue weighted by Crippen LogP contribution is -2.36. The zero-order valence-corrected chi connectivity index (χ0v) is 16.3. The quantitative estimate of drug-likeness (QED) is 0.593. The van der Waals surface area contributed by atoms with Crippen LogP contribution >= 0.6 is 24.8 Å². The van der Waals surface area contributed by atoms with Crippen LogP contribution in [-0.2, 0) is 4.79 Å². The third-order valence-electron chi connectivity index (χ3n) is 4.34. The van der Waals surface area contributed by atoms with Crippen LogP contribution in [0.25, 0.3) is 0 Å². The Bertz CT molecular complexity index is 495. The number of carbonyl (C=O) groups excluding carboxylic acids is 1. The molecule has 0 spiro atoms. The molecule has 1 aromatic carbocycles. The summed E-state index contributed by atoms with van der Waals surface area (Å²) in [6.07, 6.45) is 6.01. The summed E-state index contributed by atoms with van der Waals surface area (Å²) in [5.41, 5.74) is 7.39. The lowest BCUT2D eigenvalue weighted by atomic mass is 10.1. The monoisotopic (exact) mass is 391 g/mol. The molecule has 0 bridgehead atoms. The van der Waals surface area contributed by atoms with E-state index in [4.69, 9.17) is 5.73 Å². The van der Waals surface area contributed by atoms with Gasteiger partial charge in [-0.25, -0.2) is 0 Å². The van der Waals surface area contributed by atoms with Crippen LogP contribution in [0.5, 0.6) is 0 Å². The fourth-order valence-corrected chi connectivity index (χ4v) is 2.96. The van der Waals surface area contributed by atoms with E-state index in [9.17, 15) is 9.90 Å². The lowest BCUT2D eigenvalue weighted by Gasteiger charge is -2.32. The number of nitrogens with zero attached hydrogens (tertiary/aromatic N) is 1. The number of halogens is 2. The highest BCUT2D eigenvalue weighted by Gasteiger charge is 2.19. The molecule has 144 valence electrons. The second kappa shape index (κ2) is 13.2. The number of benzene rings is 1. The molecule has 0 aromatic heterocycles. The van der Waals surface area contributed by atoms with Crippen LogP contribution in [0, 0.1) is 0 Å². The molecule has 0 saturated carbocycles. The lowest BCUT2D eigenvalue weighted by molar-refractivity contribution is -0.116. The maximum Gasteiger partial charge on any atom is 0.224 e. The first-order chi connectivity index (χ1) is 11.2. The van der Waals surface area contributed by atoms with Crippen molar-refractivity contribution in [2.24, 2.45) is 5.73 Å². The van der Waals surface area contributed by atoms with Gasteiger partial charge in [-0.3, -0.25) is 4.79 Å². The van der Waals surface area contributed by atoms with E-state index in [1.165, 1.54) is 0 Å². The van der Waals surface area contributed by atoms with Crippen LogP contribution in [0.3, 0.4) is 0 Å². The molecule has 0 aliphatic carbocycles. The summed E-state index contributed by atoms with van der Waals surface area (Å²) < 4.78 is 0. The van der Waals surface area contributed by atoms with Crippen molar-refractivity contribution >= 4 is 42.1 Å². The van der Waals surface area contributed by atoms with E-state index < -0.39 is 0 Å². The molecule has 1 aliphatic rings. The highest BCUT2D eigenvalue weighted by atomic mass is 35.5. The smallest absolute Gasteiger partial charge is 0.224 e. The molecule has 1 fully saturated rings. The Labute approximate surface area is 163 Å². The third kappa shape index (κ3) is 8.27. The summed E-state index contributed by atoms with van der Waals surface area (Å²) in [6, 6.07) is 7.92. The number of nitrogens with one attached hydrogen (secondary N) is 1. The number of nitrogens with two attached hydrogens (primary N) is 1. The van der Waals surface area contributed by atoms with E-state index in [-0.39, 0.29) is 36.8 Å². The van der Waals surface area contributed by atoms with E-state index in [2.05, 4.69) is 10.2 Å². The zero-order valence-electron chi connectivity index (χ0n) is 14.7. The minimum absolute atomic E-state index is 0. The Kier molecular flexibility index (Phi) is 12.7. The average Bonchev–Trinajstić information content (AvgIpc) is 2.56. The molecule has 1 saturated heterocycles. The van der Waals surface area contributed by atoms with Crippen LogP contribution in [0.4, 0.5) is 11.4 Å². The van der Waals surface area contributed by atoms with Crippen molar-refractivity contribution in [1.29, 1.82) is 0 Å². The molecule has 1 heterocycles. The van der Waals surface area contributed by atoms with E-state index in [1.54, 1.807) is 0 Å². The standard InChI is InChI=1S/C18H29N3O2.2ClH/c19-12-6-2-1-3-9-18(23)20-16-7-4-5-8-17(16)21-13-10-15(22)11-14-21;;/h4-5,7-8,15,22H,1-3,6,9-14,19H2,(H,20,23);2*1H. The topological polar surface area (TPSA) is 78.6 Å². The van der Waals surface area contributed by atoms with Gasteiger partial charge >= 0.3 is 0 Å². The Morgan fingerprint density at radius 3 is 2.44 bits per heavy atom. The van der Waals surface area contributed by atoms with Crippen molar-refractivity contribution in [2.45, 2.75) is 51.0 Å². The molecule has 0 radical (unpaired) electrons. The van der Waals surface area contributed by atoms with Gasteiger partial charge in [0.05, 0.1) is 17.5 Å². The molecule has 0 atom stereocenters. The van der Waals surface area contributed by atoms with Gasteiger partial charge in [0.15, 0.2) is 0 Å². The van der Waals surface area contributed by atoms with Crippen molar-refractivity contribution in [3.63, 3.8) is 0 Å². The molecule has 0 unspecified atom stereocenters. The van der Waals surface area contributed by atoms with E-state index in [0.717, 1.165) is 69.5 Å². The van der Waals surface area contributed by atoms with Gasteiger partial charge in [-0.05, 0) is 44.4 Å². The SMILES string of the molecule is Cl.Cl.NCCCCCCC(=O)Nc1ccccc1N1CCC(O)CC1. The van der Waals surface area contributed by atoms with Crippen LogP contribution in [0.15, 0.2) is 24.3 Å². The Morgan fingerprint density at radius 1 is 1.12 bits per heavy atom. The number of piperidine rings is 1. The van der Waals surface area contributed by atoms with Crippen molar-refractivity contribution in [3.05, 3.63) is 24.3 Å². The van der Waals surface area contributed by atoms with Gasteiger partial charge in [-0.15, -0.1) is 24.8 Å². The van der Waals surface area contributed by atoms with Gasteiger partial charge in [0, 0.05) is 19.5 Å².